The van der Waals surface area contributed by atoms with Crippen molar-refractivity contribution < 1.29 is 14.6 Å². The Kier molecular flexibility index (Phi) is 4.33. The first-order chi connectivity index (χ1) is 8.39. The molecule has 0 amide bonds. The smallest absolute Gasteiger partial charge is 0.347 e. The Bertz CT molecular complexity index is 476. The van der Waals surface area contributed by atoms with Crippen LogP contribution in [0.4, 0.5) is 0 Å². The molecule has 18 heavy (non-hydrogen) atoms. The molecule has 4 nitrogen and oxygen atoms in total. The van der Waals surface area contributed by atoms with Crippen molar-refractivity contribution in [3.63, 3.8) is 0 Å². The molecule has 0 spiro atoms. The Morgan fingerprint density at radius 1 is 1.50 bits per heavy atom. The van der Waals surface area contributed by atoms with E-state index in [9.17, 15) is 9.90 Å². The number of carbonyl (C=O) groups is 1. The minimum absolute atomic E-state index is 0.181. The van der Waals surface area contributed by atoms with Crippen LogP contribution in [0.25, 0.3) is 0 Å². The summed E-state index contributed by atoms with van der Waals surface area (Å²) in [5, 5.41) is 18.3. The molecule has 0 aliphatic carbocycles. The molecule has 1 rings (SSSR count). The molecular weight excluding hydrogens is 230 g/mol. The third-order valence-electron chi connectivity index (χ3n) is 2.59. The van der Waals surface area contributed by atoms with Gasteiger partial charge in [0.25, 0.3) is 0 Å². The molecule has 4 heteroatoms. The maximum atomic E-state index is 11.4. The molecule has 0 heterocycles. The molecule has 0 bridgehead atoms. The predicted octanol–water partition coefficient (Wildman–Crippen LogP) is 2.83. The Labute approximate surface area is 107 Å². The summed E-state index contributed by atoms with van der Waals surface area (Å²) in [6.45, 7) is 5.39. The highest BCUT2D eigenvalue weighted by Crippen LogP contribution is 2.27. The van der Waals surface area contributed by atoms with E-state index >= 15 is 0 Å². The largest absolute Gasteiger partial charge is 0.478 e. The van der Waals surface area contributed by atoms with Crippen LogP contribution in [0.3, 0.4) is 0 Å². The second-order valence-corrected chi connectivity index (χ2v) is 4.84. The van der Waals surface area contributed by atoms with Gasteiger partial charge in [0, 0.05) is 6.42 Å². The molecule has 1 N–H and O–H groups in total. The lowest BCUT2D eigenvalue weighted by Crippen LogP contribution is -2.42. The molecule has 1 unspecified atom stereocenters. The maximum absolute atomic E-state index is 11.4. The SMILES string of the molecule is CC(C)CC(C)(Oc1ccccc1C#N)C(=O)O. The number of carboxylic acid groups (broad SMARTS) is 1. The number of nitriles is 1. The summed E-state index contributed by atoms with van der Waals surface area (Å²) in [7, 11) is 0. The average Bonchev–Trinajstić information content (AvgIpc) is 2.28. The van der Waals surface area contributed by atoms with Gasteiger partial charge in [0.1, 0.15) is 11.8 Å². The average molecular weight is 247 g/mol. The summed E-state index contributed by atoms with van der Waals surface area (Å²) in [4.78, 5) is 11.4. The summed E-state index contributed by atoms with van der Waals surface area (Å²) in [6.07, 6.45) is 0.377. The fourth-order valence-electron chi connectivity index (χ4n) is 1.84. The summed E-state index contributed by atoms with van der Waals surface area (Å²) in [6, 6.07) is 8.64. The lowest BCUT2D eigenvalue weighted by Gasteiger charge is -2.28. The molecule has 0 fully saturated rings. The van der Waals surface area contributed by atoms with Crippen molar-refractivity contribution in [2.75, 3.05) is 0 Å². The van der Waals surface area contributed by atoms with Crippen LogP contribution in [-0.2, 0) is 4.79 Å². The summed E-state index contributed by atoms with van der Waals surface area (Å²) >= 11 is 0. The van der Waals surface area contributed by atoms with Crippen LogP contribution in [-0.4, -0.2) is 16.7 Å². The summed E-state index contributed by atoms with van der Waals surface area (Å²) in [5.74, 6) is -0.533. The van der Waals surface area contributed by atoms with Gasteiger partial charge in [-0.1, -0.05) is 26.0 Å². The fraction of sp³-hybridized carbons (Fsp3) is 0.429. The number of benzene rings is 1. The molecule has 0 saturated heterocycles. The molecule has 0 radical (unpaired) electrons. The van der Waals surface area contributed by atoms with E-state index in [-0.39, 0.29) is 5.92 Å². The highest BCUT2D eigenvalue weighted by atomic mass is 16.5. The first-order valence-electron chi connectivity index (χ1n) is 5.80. The number of aliphatic carboxylic acids is 1. The third kappa shape index (κ3) is 3.24. The van der Waals surface area contributed by atoms with E-state index in [1.807, 2.05) is 19.9 Å². The summed E-state index contributed by atoms with van der Waals surface area (Å²) < 4.78 is 5.57. The zero-order chi connectivity index (χ0) is 13.8. The molecular formula is C14H17NO3. The van der Waals surface area contributed by atoms with Gasteiger partial charge in [0.05, 0.1) is 5.56 Å². The van der Waals surface area contributed by atoms with Gasteiger partial charge in [-0.05, 0) is 25.0 Å². The van der Waals surface area contributed by atoms with Crippen molar-refractivity contribution in [2.45, 2.75) is 32.8 Å². The lowest BCUT2D eigenvalue weighted by atomic mass is 9.94. The topological polar surface area (TPSA) is 70.3 Å². The number of nitrogens with zero attached hydrogens (tertiary/aromatic N) is 1. The van der Waals surface area contributed by atoms with Gasteiger partial charge in [0.2, 0.25) is 5.60 Å². The first-order valence-corrected chi connectivity index (χ1v) is 5.80. The Morgan fingerprint density at radius 3 is 2.61 bits per heavy atom. The summed E-state index contributed by atoms with van der Waals surface area (Å²) in [5.41, 5.74) is -0.977. The van der Waals surface area contributed by atoms with Gasteiger partial charge in [-0.3, -0.25) is 0 Å². The minimum Gasteiger partial charge on any atom is -0.478 e. The Morgan fingerprint density at radius 2 is 2.11 bits per heavy atom. The van der Waals surface area contributed by atoms with Crippen LogP contribution < -0.4 is 4.74 Å². The second kappa shape index (κ2) is 5.54. The second-order valence-electron chi connectivity index (χ2n) is 4.84. The normalized spacial score (nSPS) is 13.7. The quantitative estimate of drug-likeness (QED) is 0.868. The highest BCUT2D eigenvalue weighted by molar-refractivity contribution is 5.77. The van der Waals surface area contributed by atoms with Crippen LogP contribution in [0.1, 0.15) is 32.8 Å². The number of para-hydroxylation sites is 1. The Balaban J connectivity index is 3.05. The van der Waals surface area contributed by atoms with E-state index in [1.165, 1.54) is 6.92 Å². The van der Waals surface area contributed by atoms with Crippen LogP contribution in [0, 0.1) is 17.2 Å². The third-order valence-corrected chi connectivity index (χ3v) is 2.59. The van der Waals surface area contributed by atoms with Crippen LogP contribution in [0.5, 0.6) is 5.75 Å². The monoisotopic (exact) mass is 247 g/mol. The molecule has 0 aromatic heterocycles. The van der Waals surface area contributed by atoms with E-state index in [2.05, 4.69) is 0 Å². The predicted molar refractivity (Wildman–Crippen MR) is 67.3 cm³/mol. The highest BCUT2D eigenvalue weighted by Gasteiger charge is 2.36. The van der Waals surface area contributed by atoms with Crippen molar-refractivity contribution >= 4 is 5.97 Å². The molecule has 1 aromatic carbocycles. The first kappa shape index (κ1) is 14.0. The van der Waals surface area contributed by atoms with E-state index < -0.39 is 11.6 Å². The number of carboxylic acids is 1. The zero-order valence-electron chi connectivity index (χ0n) is 10.8. The molecule has 0 saturated carbocycles. The van der Waals surface area contributed by atoms with E-state index in [0.717, 1.165) is 0 Å². The van der Waals surface area contributed by atoms with Crippen LogP contribution >= 0.6 is 0 Å². The molecule has 1 atom stereocenters. The van der Waals surface area contributed by atoms with Crippen molar-refractivity contribution in [1.29, 1.82) is 5.26 Å². The van der Waals surface area contributed by atoms with Crippen molar-refractivity contribution in [3.8, 4) is 11.8 Å². The molecule has 1 aromatic rings. The standard InChI is InChI=1S/C14H17NO3/c1-10(2)8-14(3,13(16)17)18-12-7-5-4-6-11(12)9-15/h4-7,10H,8H2,1-3H3,(H,16,17). The number of hydrogen-bond donors (Lipinski definition) is 1. The lowest BCUT2D eigenvalue weighted by molar-refractivity contribution is -0.155. The van der Waals surface area contributed by atoms with Gasteiger partial charge in [-0.15, -0.1) is 0 Å². The zero-order valence-corrected chi connectivity index (χ0v) is 10.8. The van der Waals surface area contributed by atoms with E-state index in [0.29, 0.717) is 17.7 Å². The van der Waals surface area contributed by atoms with Crippen molar-refractivity contribution in [3.05, 3.63) is 29.8 Å². The molecule has 0 aliphatic rings. The number of ether oxygens (including phenoxy) is 1. The van der Waals surface area contributed by atoms with Gasteiger partial charge >= 0.3 is 5.97 Å². The van der Waals surface area contributed by atoms with Crippen LogP contribution in [0.15, 0.2) is 24.3 Å². The van der Waals surface area contributed by atoms with E-state index in [4.69, 9.17) is 10.00 Å². The maximum Gasteiger partial charge on any atom is 0.347 e. The Hall–Kier alpha value is -2.02. The van der Waals surface area contributed by atoms with Crippen molar-refractivity contribution in [2.24, 2.45) is 5.92 Å². The molecule has 0 aliphatic heterocycles. The minimum atomic E-state index is -1.32. The van der Waals surface area contributed by atoms with Gasteiger partial charge in [0.15, 0.2) is 0 Å². The number of rotatable bonds is 5. The van der Waals surface area contributed by atoms with Gasteiger partial charge in [-0.25, -0.2) is 4.79 Å². The van der Waals surface area contributed by atoms with Crippen molar-refractivity contribution in [1.82, 2.24) is 0 Å². The van der Waals surface area contributed by atoms with E-state index in [1.54, 1.807) is 24.3 Å². The fourth-order valence-corrected chi connectivity index (χ4v) is 1.84. The van der Waals surface area contributed by atoms with Gasteiger partial charge in [-0.2, -0.15) is 5.26 Å². The molecule has 96 valence electrons. The number of hydrogen-bond acceptors (Lipinski definition) is 3. The van der Waals surface area contributed by atoms with Gasteiger partial charge < -0.3 is 9.84 Å². The van der Waals surface area contributed by atoms with Crippen LogP contribution in [0.2, 0.25) is 0 Å².